The summed E-state index contributed by atoms with van der Waals surface area (Å²) < 4.78 is 12.3. The number of aromatic nitrogens is 2. The number of rotatable bonds is 7. The monoisotopic (exact) mass is 436 g/mol. The van der Waals surface area contributed by atoms with E-state index in [1.807, 2.05) is 24.3 Å². The standard InChI is InChI=1S/C23H24N4O5/c1-31-20-7-5-17(6-8-20)23(10-13-32-14-11-23)16-24-22(28)21-9-12-26(25-21)18-3-2-4-19(15-18)27(29)30/h2-9,12,15H,10-11,13-14,16H2,1H3,(H,24,28). The minimum atomic E-state index is -0.465. The van der Waals surface area contributed by atoms with Crippen molar-refractivity contribution in [2.45, 2.75) is 18.3 Å². The summed E-state index contributed by atoms with van der Waals surface area (Å²) in [4.78, 5) is 23.4. The van der Waals surface area contributed by atoms with Gasteiger partial charge < -0.3 is 14.8 Å². The first-order valence-corrected chi connectivity index (χ1v) is 10.3. The topological polar surface area (TPSA) is 109 Å². The summed E-state index contributed by atoms with van der Waals surface area (Å²) >= 11 is 0. The zero-order valence-corrected chi connectivity index (χ0v) is 17.7. The van der Waals surface area contributed by atoms with Crippen LogP contribution in [0.3, 0.4) is 0 Å². The summed E-state index contributed by atoms with van der Waals surface area (Å²) in [5.74, 6) is 0.486. The van der Waals surface area contributed by atoms with E-state index < -0.39 is 4.92 Å². The highest BCUT2D eigenvalue weighted by molar-refractivity contribution is 5.92. The van der Waals surface area contributed by atoms with E-state index in [0.717, 1.165) is 24.2 Å². The number of nitro groups is 1. The zero-order chi connectivity index (χ0) is 22.6. The van der Waals surface area contributed by atoms with E-state index in [-0.39, 0.29) is 22.7 Å². The van der Waals surface area contributed by atoms with Crippen molar-refractivity contribution >= 4 is 11.6 Å². The van der Waals surface area contributed by atoms with Crippen molar-refractivity contribution in [1.29, 1.82) is 0 Å². The first kappa shape index (κ1) is 21.5. The van der Waals surface area contributed by atoms with Crippen molar-refractivity contribution in [2.24, 2.45) is 0 Å². The second-order valence-electron chi connectivity index (χ2n) is 7.73. The Morgan fingerprint density at radius 3 is 2.66 bits per heavy atom. The molecular weight excluding hydrogens is 412 g/mol. The summed E-state index contributed by atoms with van der Waals surface area (Å²) in [6, 6.07) is 15.6. The number of carbonyl (C=O) groups is 1. The molecule has 1 fully saturated rings. The molecule has 3 aromatic rings. The molecule has 1 N–H and O–H groups in total. The molecular formula is C23H24N4O5. The Morgan fingerprint density at radius 1 is 1.22 bits per heavy atom. The number of methoxy groups -OCH3 is 1. The van der Waals surface area contributed by atoms with E-state index in [9.17, 15) is 14.9 Å². The van der Waals surface area contributed by atoms with Gasteiger partial charge in [0.1, 0.15) is 5.75 Å². The molecule has 2 heterocycles. The van der Waals surface area contributed by atoms with Gasteiger partial charge in [-0.1, -0.05) is 18.2 Å². The molecule has 0 radical (unpaired) electrons. The van der Waals surface area contributed by atoms with Crippen molar-refractivity contribution in [3.63, 3.8) is 0 Å². The van der Waals surface area contributed by atoms with E-state index in [4.69, 9.17) is 9.47 Å². The van der Waals surface area contributed by atoms with Crippen LogP contribution < -0.4 is 10.1 Å². The van der Waals surface area contributed by atoms with Gasteiger partial charge in [0.15, 0.2) is 5.69 Å². The normalized spacial score (nSPS) is 15.2. The summed E-state index contributed by atoms with van der Waals surface area (Å²) in [5, 5.41) is 18.3. The van der Waals surface area contributed by atoms with Gasteiger partial charge in [-0.05, 0) is 42.7 Å². The molecule has 9 nitrogen and oxygen atoms in total. The maximum atomic E-state index is 12.8. The van der Waals surface area contributed by atoms with Crippen LogP contribution in [0, 0.1) is 10.1 Å². The third-order valence-corrected chi connectivity index (χ3v) is 5.87. The number of ether oxygens (including phenoxy) is 2. The Bertz CT molecular complexity index is 1100. The van der Waals surface area contributed by atoms with Crippen LogP contribution in [0.5, 0.6) is 5.75 Å². The molecule has 0 spiro atoms. The molecule has 2 aromatic carbocycles. The maximum absolute atomic E-state index is 12.8. The molecule has 32 heavy (non-hydrogen) atoms. The zero-order valence-electron chi connectivity index (χ0n) is 17.7. The summed E-state index contributed by atoms with van der Waals surface area (Å²) in [6.07, 6.45) is 3.20. The summed E-state index contributed by atoms with van der Waals surface area (Å²) in [7, 11) is 1.63. The Labute approximate surface area is 185 Å². The number of hydrogen-bond acceptors (Lipinski definition) is 6. The molecule has 0 bridgehead atoms. The molecule has 0 atom stereocenters. The van der Waals surface area contributed by atoms with Gasteiger partial charge in [0.25, 0.3) is 11.6 Å². The van der Waals surface area contributed by atoms with Crippen LogP contribution in [0.25, 0.3) is 5.69 Å². The number of non-ortho nitro benzene ring substituents is 1. The predicted molar refractivity (Wildman–Crippen MR) is 117 cm³/mol. The van der Waals surface area contributed by atoms with E-state index >= 15 is 0 Å². The van der Waals surface area contributed by atoms with E-state index in [1.165, 1.54) is 16.8 Å². The van der Waals surface area contributed by atoms with Crippen molar-refractivity contribution in [3.05, 3.63) is 82.2 Å². The molecule has 1 aliphatic rings. The molecule has 1 saturated heterocycles. The molecule has 4 rings (SSSR count). The fraction of sp³-hybridized carbons (Fsp3) is 0.304. The van der Waals surface area contributed by atoms with Crippen LogP contribution in [0.4, 0.5) is 5.69 Å². The number of nitro benzene ring substituents is 1. The first-order chi connectivity index (χ1) is 15.5. The maximum Gasteiger partial charge on any atom is 0.271 e. The first-order valence-electron chi connectivity index (χ1n) is 10.3. The molecule has 0 aliphatic carbocycles. The van der Waals surface area contributed by atoms with Crippen molar-refractivity contribution in [2.75, 3.05) is 26.9 Å². The van der Waals surface area contributed by atoms with Crippen LogP contribution in [0.2, 0.25) is 0 Å². The van der Waals surface area contributed by atoms with Crippen molar-refractivity contribution in [3.8, 4) is 11.4 Å². The second kappa shape index (κ2) is 9.19. The van der Waals surface area contributed by atoms with E-state index in [1.54, 1.807) is 31.5 Å². The second-order valence-corrected chi connectivity index (χ2v) is 7.73. The summed E-state index contributed by atoms with van der Waals surface area (Å²) in [5.41, 5.74) is 1.61. The Morgan fingerprint density at radius 2 is 1.97 bits per heavy atom. The molecule has 1 aliphatic heterocycles. The number of nitrogens with one attached hydrogen (secondary N) is 1. The minimum absolute atomic E-state index is 0.0371. The number of carbonyl (C=O) groups excluding carboxylic acids is 1. The lowest BCUT2D eigenvalue weighted by molar-refractivity contribution is -0.384. The SMILES string of the molecule is COc1ccc(C2(CNC(=O)c3ccn(-c4cccc([N+](=O)[O-])c4)n3)CCOCC2)cc1. The van der Waals surface area contributed by atoms with Gasteiger partial charge in [-0.25, -0.2) is 4.68 Å². The number of hydrogen-bond donors (Lipinski definition) is 1. The number of nitrogens with zero attached hydrogens (tertiary/aromatic N) is 3. The highest BCUT2D eigenvalue weighted by Gasteiger charge is 2.35. The molecule has 1 amide bonds. The van der Waals surface area contributed by atoms with Gasteiger partial charge in [0.05, 0.1) is 17.7 Å². The van der Waals surface area contributed by atoms with Gasteiger partial charge in [0.2, 0.25) is 0 Å². The fourth-order valence-corrected chi connectivity index (χ4v) is 3.95. The van der Waals surface area contributed by atoms with Crippen molar-refractivity contribution in [1.82, 2.24) is 15.1 Å². The predicted octanol–water partition coefficient (Wildman–Crippen LogP) is 3.27. The van der Waals surface area contributed by atoms with Gasteiger partial charge in [-0.3, -0.25) is 14.9 Å². The third-order valence-electron chi connectivity index (χ3n) is 5.87. The van der Waals surface area contributed by atoms with E-state index in [0.29, 0.717) is 25.4 Å². The smallest absolute Gasteiger partial charge is 0.271 e. The van der Waals surface area contributed by atoms with Crippen LogP contribution in [-0.4, -0.2) is 47.5 Å². The highest BCUT2D eigenvalue weighted by atomic mass is 16.6. The van der Waals surface area contributed by atoms with Gasteiger partial charge in [0, 0.05) is 43.5 Å². The highest BCUT2D eigenvalue weighted by Crippen LogP contribution is 2.35. The van der Waals surface area contributed by atoms with Gasteiger partial charge >= 0.3 is 0 Å². The van der Waals surface area contributed by atoms with Gasteiger partial charge in [-0.2, -0.15) is 5.10 Å². The summed E-state index contributed by atoms with van der Waals surface area (Å²) in [6.45, 7) is 1.71. The minimum Gasteiger partial charge on any atom is -0.497 e. The van der Waals surface area contributed by atoms with Crippen LogP contribution in [0.15, 0.2) is 60.8 Å². The Balaban J connectivity index is 1.49. The largest absolute Gasteiger partial charge is 0.497 e. The lowest BCUT2D eigenvalue weighted by Gasteiger charge is -2.38. The molecule has 9 heteroatoms. The Kier molecular flexibility index (Phi) is 6.18. The Hall–Kier alpha value is -3.72. The van der Waals surface area contributed by atoms with Crippen LogP contribution in [0.1, 0.15) is 28.9 Å². The quantitative estimate of drug-likeness (QED) is 0.450. The van der Waals surface area contributed by atoms with E-state index in [2.05, 4.69) is 10.4 Å². The fourth-order valence-electron chi connectivity index (χ4n) is 3.95. The number of amides is 1. The molecule has 166 valence electrons. The van der Waals surface area contributed by atoms with Crippen LogP contribution >= 0.6 is 0 Å². The lowest BCUT2D eigenvalue weighted by atomic mass is 9.74. The molecule has 0 saturated carbocycles. The average Bonchev–Trinajstić information content (AvgIpc) is 3.34. The lowest BCUT2D eigenvalue weighted by Crippen LogP contribution is -2.44. The van der Waals surface area contributed by atoms with Crippen molar-refractivity contribution < 1.29 is 19.2 Å². The van der Waals surface area contributed by atoms with Crippen LogP contribution in [-0.2, 0) is 10.2 Å². The van der Waals surface area contributed by atoms with Gasteiger partial charge in [-0.15, -0.1) is 0 Å². The average molecular weight is 436 g/mol. The third kappa shape index (κ3) is 4.47. The molecule has 1 aromatic heterocycles. The number of benzene rings is 2. The molecule has 0 unspecified atom stereocenters.